The largest absolute Gasteiger partial charge is 0.507 e. The number of hydrogen-bond acceptors (Lipinski definition) is 9. The number of rotatable bonds is 8. The fourth-order valence-corrected chi connectivity index (χ4v) is 6.55. The van der Waals surface area contributed by atoms with Crippen molar-refractivity contribution in [2.45, 2.75) is 26.3 Å². The minimum atomic E-state index is -1.28. The maximum absolute atomic E-state index is 11.6. The standard InChI is InChI=1S/C23H16O6.C11H16ClN5.C9H5Cl3N4/c24-20-16(14-7-3-1-5-12(14)9-18(20)22(26)27)11-17-15-8-4-2-6-13(15)10-19(21(17)25)23(28)29;1-7(2)15-10(13)17-11(14)16-9-5-3-8(12)4-6-9;10-5-3-1-2-4-6(5)13-9-15-7(11)14-8(12)16-9/h1-10,24-25H,11H2,(H,26,27)(H,28,29);3-7H,1-2H3,(H5,13,14,15,16,17);1-4H,(H,13,14,15,16). The van der Waals surface area contributed by atoms with Crippen molar-refractivity contribution in [2.75, 3.05) is 10.6 Å². The first kappa shape index (κ1) is 46.2. The summed E-state index contributed by atoms with van der Waals surface area (Å²) in [6.45, 7) is 3.82. The molecule has 0 aliphatic heterocycles. The smallest absolute Gasteiger partial charge is 0.339 e. The van der Waals surface area contributed by atoms with E-state index in [2.05, 4.69) is 35.6 Å². The van der Waals surface area contributed by atoms with Crippen LogP contribution in [-0.2, 0) is 6.42 Å². The van der Waals surface area contributed by atoms with Gasteiger partial charge in [-0.25, -0.2) is 14.6 Å². The van der Waals surface area contributed by atoms with E-state index in [1.54, 1.807) is 84.9 Å². The lowest BCUT2D eigenvalue weighted by Crippen LogP contribution is -2.26. The molecule has 10 N–H and O–H groups in total. The number of halogens is 4. The number of para-hydroxylation sites is 1. The molecule has 7 rings (SSSR count). The number of carbonyl (C=O) groups is 2. The maximum Gasteiger partial charge on any atom is 0.339 e. The van der Waals surface area contributed by atoms with Gasteiger partial charge in [0.15, 0.2) is 0 Å². The molecule has 0 aliphatic rings. The van der Waals surface area contributed by atoms with Gasteiger partial charge in [0.25, 0.3) is 0 Å². The zero-order chi connectivity index (χ0) is 45.1. The highest BCUT2D eigenvalue weighted by molar-refractivity contribution is 6.33. The third kappa shape index (κ3) is 12.3. The monoisotopic (exact) mass is 915 g/mol. The Morgan fingerprint density at radius 3 is 1.66 bits per heavy atom. The molecule has 0 saturated heterocycles. The van der Waals surface area contributed by atoms with E-state index in [9.17, 15) is 30.0 Å². The molecule has 318 valence electrons. The summed E-state index contributed by atoms with van der Waals surface area (Å²) in [5.41, 5.74) is 12.8. The molecular weight excluding hydrogens is 880 g/mol. The van der Waals surface area contributed by atoms with Gasteiger partial charge in [0.2, 0.25) is 28.4 Å². The number of nitrogens with one attached hydrogen (secondary N) is 2. The van der Waals surface area contributed by atoms with E-state index >= 15 is 0 Å². The summed E-state index contributed by atoms with van der Waals surface area (Å²) in [6, 6.07) is 31.1. The molecule has 62 heavy (non-hydrogen) atoms. The van der Waals surface area contributed by atoms with Gasteiger partial charge >= 0.3 is 11.9 Å². The summed E-state index contributed by atoms with van der Waals surface area (Å²) in [5.74, 6) is -2.77. The zero-order valence-corrected chi connectivity index (χ0v) is 35.7. The summed E-state index contributed by atoms with van der Waals surface area (Å²) >= 11 is 23.0. The highest BCUT2D eigenvalue weighted by Gasteiger charge is 2.22. The van der Waals surface area contributed by atoms with Crippen molar-refractivity contribution >= 4 is 109 Å². The number of hydrogen-bond donors (Lipinski definition) is 8. The molecule has 0 aliphatic carbocycles. The Hall–Kier alpha value is -6.91. The van der Waals surface area contributed by atoms with Gasteiger partial charge in [0, 0.05) is 34.3 Å². The van der Waals surface area contributed by atoms with Crippen molar-refractivity contribution in [3.63, 3.8) is 0 Å². The molecule has 0 spiro atoms. The predicted molar refractivity (Wildman–Crippen MR) is 246 cm³/mol. The molecule has 1 aromatic heterocycles. The van der Waals surface area contributed by atoms with Crippen molar-refractivity contribution in [3.05, 3.63) is 152 Å². The normalized spacial score (nSPS) is 11.3. The maximum atomic E-state index is 11.6. The Morgan fingerprint density at radius 1 is 0.694 bits per heavy atom. The van der Waals surface area contributed by atoms with Crippen LogP contribution in [0.5, 0.6) is 11.5 Å². The van der Waals surface area contributed by atoms with Crippen molar-refractivity contribution in [2.24, 2.45) is 21.5 Å². The first-order valence-electron chi connectivity index (χ1n) is 18.2. The third-order valence-corrected chi connectivity index (χ3v) is 9.43. The molecule has 19 heteroatoms. The number of aromatic carboxylic acids is 2. The number of fused-ring (bicyclic) bond motifs is 2. The Kier molecular flexibility index (Phi) is 15.7. The Labute approximate surface area is 374 Å². The van der Waals surface area contributed by atoms with Gasteiger partial charge in [0.1, 0.15) is 22.6 Å². The molecule has 0 radical (unpaired) electrons. The summed E-state index contributed by atoms with van der Waals surface area (Å²) in [5, 5.41) is 49.8. The summed E-state index contributed by atoms with van der Waals surface area (Å²) < 4.78 is 0. The number of nitrogens with zero attached hydrogens (tertiary/aromatic N) is 5. The van der Waals surface area contributed by atoms with Crippen LogP contribution in [-0.4, -0.2) is 65.3 Å². The SMILES string of the molecule is CC(C)N=C(N)N=C(N)Nc1ccc(Cl)cc1.Clc1nc(Cl)nc(Nc2ccccc2Cl)n1.O=C(O)c1cc2ccccc2c(Cc2c(O)c(C(=O)O)cc3ccccc23)c1O. The first-order chi connectivity index (χ1) is 29.5. The molecule has 15 nitrogen and oxygen atoms in total. The molecule has 0 bridgehead atoms. The van der Waals surface area contributed by atoms with E-state index < -0.39 is 23.4 Å². The summed E-state index contributed by atoms with van der Waals surface area (Å²) in [6.07, 6.45) is -0.0407. The Morgan fingerprint density at radius 2 is 1.18 bits per heavy atom. The van der Waals surface area contributed by atoms with E-state index in [0.29, 0.717) is 48.4 Å². The molecule has 6 aromatic carbocycles. The van der Waals surface area contributed by atoms with Crippen LogP contribution in [0.1, 0.15) is 45.7 Å². The van der Waals surface area contributed by atoms with Crippen LogP contribution < -0.4 is 22.1 Å². The first-order valence-corrected chi connectivity index (χ1v) is 19.7. The minimum Gasteiger partial charge on any atom is -0.507 e. The van der Waals surface area contributed by atoms with E-state index in [1.807, 2.05) is 26.0 Å². The van der Waals surface area contributed by atoms with Gasteiger partial charge in [-0.3, -0.25) is 0 Å². The van der Waals surface area contributed by atoms with Crippen LogP contribution in [0, 0.1) is 0 Å². The third-order valence-electron chi connectivity index (χ3n) is 8.51. The van der Waals surface area contributed by atoms with Crippen LogP contribution in [0.2, 0.25) is 20.6 Å². The predicted octanol–water partition coefficient (Wildman–Crippen LogP) is 9.76. The highest BCUT2D eigenvalue weighted by atomic mass is 35.5. The van der Waals surface area contributed by atoms with Crippen molar-refractivity contribution in [3.8, 4) is 11.5 Å². The summed E-state index contributed by atoms with van der Waals surface area (Å²) in [7, 11) is 0. The van der Waals surface area contributed by atoms with Gasteiger partial charge in [-0.05, 0) is 107 Å². The molecule has 7 aromatic rings. The molecule has 0 amide bonds. The number of phenols is 2. The topological polar surface area (TPSA) is 255 Å². The lowest BCUT2D eigenvalue weighted by molar-refractivity contribution is 0.0682. The molecule has 0 fully saturated rings. The second-order valence-electron chi connectivity index (χ2n) is 13.2. The average molecular weight is 918 g/mol. The number of guanidine groups is 2. The van der Waals surface area contributed by atoms with Crippen molar-refractivity contribution in [1.82, 2.24) is 15.0 Å². The number of aromatic hydroxyl groups is 2. The number of aliphatic imine (C=N–C) groups is 2. The second kappa shape index (κ2) is 21.1. The second-order valence-corrected chi connectivity index (χ2v) is 14.8. The van der Waals surface area contributed by atoms with Gasteiger partial charge in [-0.1, -0.05) is 83.9 Å². The zero-order valence-electron chi connectivity index (χ0n) is 32.7. The van der Waals surface area contributed by atoms with E-state index in [0.717, 1.165) is 5.69 Å². The highest BCUT2D eigenvalue weighted by Crippen LogP contribution is 2.39. The molecule has 0 atom stereocenters. The number of anilines is 3. The van der Waals surface area contributed by atoms with Crippen LogP contribution in [0.15, 0.2) is 119 Å². The van der Waals surface area contributed by atoms with Gasteiger partial charge < -0.3 is 42.5 Å². The number of nitrogens with two attached hydrogens (primary N) is 2. The van der Waals surface area contributed by atoms with Gasteiger partial charge in [0.05, 0.1) is 10.7 Å². The van der Waals surface area contributed by atoms with Crippen LogP contribution in [0.3, 0.4) is 0 Å². The van der Waals surface area contributed by atoms with Crippen LogP contribution in [0.4, 0.5) is 17.3 Å². The van der Waals surface area contributed by atoms with Crippen LogP contribution >= 0.6 is 46.4 Å². The Bertz CT molecular complexity index is 2700. The van der Waals surface area contributed by atoms with Gasteiger partial charge in [-0.2, -0.15) is 19.9 Å². The van der Waals surface area contributed by atoms with Crippen LogP contribution in [0.25, 0.3) is 21.5 Å². The fraction of sp³-hybridized carbons (Fsp3) is 0.0930. The molecule has 0 unspecified atom stereocenters. The minimum absolute atomic E-state index is 0.0227. The Balaban J connectivity index is 0.000000189. The molecular formula is C43H37Cl4N9O6. The van der Waals surface area contributed by atoms with E-state index in [1.165, 1.54) is 12.1 Å². The molecule has 1 heterocycles. The molecule has 0 saturated carbocycles. The number of carboxylic acids is 2. The van der Waals surface area contributed by atoms with Gasteiger partial charge in [-0.15, -0.1) is 0 Å². The average Bonchev–Trinajstić information content (AvgIpc) is 3.21. The number of benzene rings is 6. The van der Waals surface area contributed by atoms with Crippen molar-refractivity contribution in [1.29, 1.82) is 0 Å². The number of aromatic nitrogens is 3. The number of carboxylic acid groups (broad SMARTS) is 2. The fourth-order valence-electron chi connectivity index (χ4n) is 5.87. The summed E-state index contributed by atoms with van der Waals surface area (Å²) in [4.78, 5) is 42.5. The quantitative estimate of drug-likeness (QED) is 0.0522. The van der Waals surface area contributed by atoms with Crippen molar-refractivity contribution < 1.29 is 30.0 Å². The van der Waals surface area contributed by atoms with E-state index in [-0.39, 0.29) is 52.0 Å². The van der Waals surface area contributed by atoms with E-state index in [4.69, 9.17) is 57.9 Å². The lowest BCUT2D eigenvalue weighted by atomic mass is 9.90. The lowest BCUT2D eigenvalue weighted by Gasteiger charge is -2.16.